The average molecular weight is 345 g/mol. The van der Waals surface area contributed by atoms with Crippen LogP contribution in [0.3, 0.4) is 0 Å². The van der Waals surface area contributed by atoms with Crippen LogP contribution in [0.2, 0.25) is 0 Å². The molecule has 3 heteroatoms. The fraction of sp³-hybridized carbons (Fsp3) is 0.773. The third kappa shape index (κ3) is 3.72. The molecule has 140 valence electrons. The summed E-state index contributed by atoms with van der Waals surface area (Å²) in [4.78, 5) is 4.10. The third-order valence-electron chi connectivity index (χ3n) is 6.73. The number of fused-ring (bicyclic) bond motifs is 1. The number of nitrogens with zero attached hydrogens (tertiary/aromatic N) is 2. The van der Waals surface area contributed by atoms with Crippen LogP contribution in [0.1, 0.15) is 67.2 Å². The monoisotopic (exact) mass is 344 g/mol. The minimum absolute atomic E-state index is 0.334. The maximum Gasteiger partial charge on any atom is 0.124 e. The second kappa shape index (κ2) is 6.90. The Labute approximate surface area is 153 Å². The highest BCUT2D eigenvalue weighted by atomic mass is 16.5. The van der Waals surface area contributed by atoms with E-state index in [4.69, 9.17) is 4.74 Å². The summed E-state index contributed by atoms with van der Waals surface area (Å²) in [5.41, 5.74) is 2.33. The molecule has 1 fully saturated rings. The highest BCUT2D eigenvalue weighted by Gasteiger charge is 2.51. The predicted molar refractivity (Wildman–Crippen MR) is 103 cm³/mol. The maximum absolute atomic E-state index is 6.20. The molecule has 3 nitrogen and oxygen atoms in total. The SMILES string of the molecule is CC(C)C1CC=C2C[C@@H](OCn3ccnc3)CC[C@]2(C)C1C(C)(C)C. The molecule has 0 radical (unpaired) electrons. The van der Waals surface area contributed by atoms with E-state index < -0.39 is 0 Å². The fourth-order valence-corrected chi connectivity index (χ4v) is 5.71. The summed E-state index contributed by atoms with van der Waals surface area (Å²) in [7, 11) is 0. The molecule has 0 aliphatic heterocycles. The van der Waals surface area contributed by atoms with Crippen molar-refractivity contribution < 1.29 is 4.74 Å². The van der Waals surface area contributed by atoms with Gasteiger partial charge in [-0.05, 0) is 54.3 Å². The maximum atomic E-state index is 6.20. The van der Waals surface area contributed by atoms with E-state index in [1.807, 2.05) is 23.3 Å². The molecule has 0 amide bonds. The van der Waals surface area contributed by atoms with E-state index >= 15 is 0 Å². The van der Waals surface area contributed by atoms with Crippen molar-refractivity contribution in [1.29, 1.82) is 0 Å². The van der Waals surface area contributed by atoms with Gasteiger partial charge in [-0.2, -0.15) is 0 Å². The number of allylic oxidation sites excluding steroid dienone is 1. The van der Waals surface area contributed by atoms with Crippen molar-refractivity contribution in [3.05, 3.63) is 30.4 Å². The lowest BCUT2D eigenvalue weighted by atomic mass is 9.49. The van der Waals surface area contributed by atoms with Gasteiger partial charge in [0.15, 0.2) is 0 Å². The molecule has 0 aromatic carbocycles. The first-order chi connectivity index (χ1) is 11.7. The first kappa shape index (κ1) is 18.7. The van der Waals surface area contributed by atoms with Gasteiger partial charge in [0.05, 0.1) is 12.4 Å². The van der Waals surface area contributed by atoms with E-state index in [2.05, 4.69) is 52.6 Å². The molecular weight excluding hydrogens is 308 g/mol. The second-order valence-corrected chi connectivity index (χ2v) is 9.87. The lowest BCUT2D eigenvalue weighted by Gasteiger charge is -2.56. The molecule has 1 saturated carbocycles. The van der Waals surface area contributed by atoms with Gasteiger partial charge in [0, 0.05) is 12.4 Å². The Kier molecular flexibility index (Phi) is 5.16. The lowest BCUT2D eigenvalue weighted by Crippen LogP contribution is -2.49. The topological polar surface area (TPSA) is 27.1 Å². The van der Waals surface area contributed by atoms with Crippen LogP contribution in [0.5, 0.6) is 0 Å². The third-order valence-corrected chi connectivity index (χ3v) is 6.73. The Bertz CT molecular complexity index is 596. The average Bonchev–Trinajstić information content (AvgIpc) is 3.03. The molecule has 1 aromatic heterocycles. The summed E-state index contributed by atoms with van der Waals surface area (Å²) in [6, 6.07) is 0. The Morgan fingerprint density at radius 2 is 2.12 bits per heavy atom. The molecule has 2 aliphatic carbocycles. The van der Waals surface area contributed by atoms with Gasteiger partial charge in [0.2, 0.25) is 0 Å². The zero-order valence-electron chi connectivity index (χ0n) is 17.0. The Hall–Kier alpha value is -1.09. The summed E-state index contributed by atoms with van der Waals surface area (Å²) < 4.78 is 8.21. The quantitative estimate of drug-likeness (QED) is 0.657. The number of ether oxygens (including phenoxy) is 1. The molecule has 0 N–H and O–H groups in total. The van der Waals surface area contributed by atoms with Gasteiger partial charge < -0.3 is 9.30 Å². The van der Waals surface area contributed by atoms with Crippen molar-refractivity contribution >= 4 is 0 Å². The molecule has 1 aromatic rings. The fourth-order valence-electron chi connectivity index (χ4n) is 5.71. The van der Waals surface area contributed by atoms with Crippen LogP contribution in [-0.4, -0.2) is 15.7 Å². The Morgan fingerprint density at radius 1 is 1.36 bits per heavy atom. The predicted octanol–water partition coefficient (Wildman–Crippen LogP) is 5.68. The standard InChI is InChI=1S/C22H36N2O/c1-16(2)19-8-7-17-13-18(25-15-24-12-11-23-14-24)9-10-22(17,6)20(19)21(3,4)5/h7,11-12,14,16,18-20H,8-10,13,15H2,1-6H3/t18-,19?,20?,22-/m0/s1. The van der Waals surface area contributed by atoms with E-state index in [0.29, 0.717) is 23.7 Å². The smallest absolute Gasteiger partial charge is 0.124 e. The highest BCUT2D eigenvalue weighted by Crippen LogP contribution is 2.59. The van der Waals surface area contributed by atoms with Crippen LogP contribution in [0, 0.1) is 28.6 Å². The van der Waals surface area contributed by atoms with Crippen molar-refractivity contribution in [2.75, 3.05) is 0 Å². The molecule has 0 bridgehead atoms. The van der Waals surface area contributed by atoms with Crippen LogP contribution in [0.4, 0.5) is 0 Å². The molecule has 0 saturated heterocycles. The Morgan fingerprint density at radius 3 is 2.72 bits per heavy atom. The Balaban J connectivity index is 1.76. The van der Waals surface area contributed by atoms with Crippen molar-refractivity contribution in [1.82, 2.24) is 9.55 Å². The molecule has 1 heterocycles. The van der Waals surface area contributed by atoms with Crippen molar-refractivity contribution in [3.63, 3.8) is 0 Å². The van der Waals surface area contributed by atoms with Crippen LogP contribution >= 0.6 is 0 Å². The van der Waals surface area contributed by atoms with Crippen molar-refractivity contribution in [3.8, 4) is 0 Å². The van der Waals surface area contributed by atoms with E-state index in [9.17, 15) is 0 Å². The lowest BCUT2D eigenvalue weighted by molar-refractivity contribution is -0.0546. The zero-order valence-corrected chi connectivity index (χ0v) is 17.0. The van der Waals surface area contributed by atoms with Gasteiger partial charge in [0.25, 0.3) is 0 Å². The van der Waals surface area contributed by atoms with Crippen LogP contribution in [0.15, 0.2) is 30.4 Å². The van der Waals surface area contributed by atoms with Crippen molar-refractivity contribution in [2.24, 2.45) is 28.6 Å². The number of imidazole rings is 1. The summed E-state index contributed by atoms with van der Waals surface area (Å²) in [6.45, 7) is 15.3. The summed E-state index contributed by atoms with van der Waals surface area (Å²) in [5, 5.41) is 0. The molecule has 2 aliphatic rings. The minimum atomic E-state index is 0.334. The number of rotatable bonds is 4. The molecule has 0 spiro atoms. The molecular formula is C22H36N2O. The van der Waals surface area contributed by atoms with Gasteiger partial charge in [-0.1, -0.05) is 53.2 Å². The van der Waals surface area contributed by atoms with Gasteiger partial charge in [-0.3, -0.25) is 0 Å². The largest absolute Gasteiger partial charge is 0.357 e. The van der Waals surface area contributed by atoms with E-state index in [-0.39, 0.29) is 0 Å². The molecule has 3 rings (SSSR count). The first-order valence-corrected chi connectivity index (χ1v) is 9.98. The van der Waals surface area contributed by atoms with Gasteiger partial charge in [-0.25, -0.2) is 4.98 Å². The van der Waals surface area contributed by atoms with Crippen LogP contribution in [-0.2, 0) is 11.5 Å². The van der Waals surface area contributed by atoms with Crippen molar-refractivity contribution in [2.45, 2.75) is 80.1 Å². The molecule has 2 unspecified atom stereocenters. The summed E-state index contributed by atoms with van der Waals surface area (Å²) in [5.74, 6) is 2.28. The van der Waals surface area contributed by atoms with E-state index in [0.717, 1.165) is 24.2 Å². The number of hydrogen-bond donors (Lipinski definition) is 0. The minimum Gasteiger partial charge on any atom is -0.357 e. The van der Waals surface area contributed by atoms with E-state index in [1.165, 1.54) is 19.3 Å². The number of aromatic nitrogens is 2. The summed E-state index contributed by atoms with van der Waals surface area (Å²) in [6.07, 6.45) is 13.3. The first-order valence-electron chi connectivity index (χ1n) is 9.98. The molecule has 25 heavy (non-hydrogen) atoms. The zero-order chi connectivity index (χ0) is 18.2. The van der Waals surface area contributed by atoms with Gasteiger partial charge >= 0.3 is 0 Å². The number of hydrogen-bond acceptors (Lipinski definition) is 2. The van der Waals surface area contributed by atoms with Gasteiger partial charge in [0.1, 0.15) is 6.73 Å². The van der Waals surface area contributed by atoms with Gasteiger partial charge in [-0.15, -0.1) is 0 Å². The normalized spacial score (nSPS) is 33.2. The highest BCUT2D eigenvalue weighted by molar-refractivity contribution is 5.24. The second-order valence-electron chi connectivity index (χ2n) is 9.87. The van der Waals surface area contributed by atoms with Crippen LogP contribution in [0.25, 0.3) is 0 Å². The molecule has 4 atom stereocenters. The van der Waals surface area contributed by atoms with E-state index in [1.54, 1.807) is 5.57 Å². The summed E-state index contributed by atoms with van der Waals surface area (Å²) >= 11 is 0. The van der Waals surface area contributed by atoms with Crippen LogP contribution < -0.4 is 0 Å².